The van der Waals surface area contributed by atoms with Crippen LogP contribution < -0.4 is 9.80 Å². The molecule has 124 valence electrons. The van der Waals surface area contributed by atoms with Crippen LogP contribution in [-0.2, 0) is 4.74 Å². The van der Waals surface area contributed by atoms with Crippen molar-refractivity contribution in [3.8, 4) is 0 Å². The van der Waals surface area contributed by atoms with E-state index in [2.05, 4.69) is 33.6 Å². The number of hydrogen-bond acceptors (Lipinski definition) is 6. The van der Waals surface area contributed by atoms with Crippen molar-refractivity contribution in [1.82, 2.24) is 14.9 Å². The zero-order chi connectivity index (χ0) is 15.9. The number of rotatable bonds is 7. The fourth-order valence-corrected chi connectivity index (χ4v) is 2.44. The lowest BCUT2D eigenvalue weighted by Crippen LogP contribution is -2.47. The van der Waals surface area contributed by atoms with Crippen LogP contribution in [0.15, 0.2) is 12.3 Å². The highest BCUT2D eigenvalue weighted by Crippen LogP contribution is 2.15. The van der Waals surface area contributed by atoms with Gasteiger partial charge in [-0.1, -0.05) is 13.8 Å². The van der Waals surface area contributed by atoms with Crippen molar-refractivity contribution in [3.63, 3.8) is 0 Å². The minimum absolute atomic E-state index is 0.612. The summed E-state index contributed by atoms with van der Waals surface area (Å²) in [7, 11) is 3.93. The quantitative estimate of drug-likeness (QED) is 0.708. The molecule has 0 bridgehead atoms. The molecule has 0 N–H and O–H groups in total. The average Bonchev–Trinajstić information content (AvgIpc) is 2.52. The summed E-state index contributed by atoms with van der Waals surface area (Å²) >= 11 is 0. The number of nitrogens with zero attached hydrogens (tertiary/aromatic N) is 5. The van der Waals surface area contributed by atoms with Crippen LogP contribution in [0.2, 0.25) is 0 Å². The van der Waals surface area contributed by atoms with Gasteiger partial charge in [-0.3, -0.25) is 4.90 Å². The molecular formula is C16H29N5O. The second kappa shape index (κ2) is 8.29. The normalized spacial score (nSPS) is 16.3. The van der Waals surface area contributed by atoms with Gasteiger partial charge in [-0.15, -0.1) is 0 Å². The molecular weight excluding hydrogens is 278 g/mol. The fraction of sp³-hybridized carbons (Fsp3) is 0.750. The summed E-state index contributed by atoms with van der Waals surface area (Å²) in [5.41, 5.74) is 0. The summed E-state index contributed by atoms with van der Waals surface area (Å²) in [6.07, 6.45) is 1.84. The van der Waals surface area contributed by atoms with E-state index in [1.807, 2.05) is 31.3 Å². The Balaban J connectivity index is 1.76. The number of ether oxygens (including phenoxy) is 1. The Bertz CT molecular complexity index is 444. The predicted octanol–water partition coefficient (Wildman–Crippen LogP) is 1.34. The minimum Gasteiger partial charge on any atom is -0.380 e. The Morgan fingerprint density at radius 1 is 1.23 bits per heavy atom. The van der Waals surface area contributed by atoms with Gasteiger partial charge in [-0.25, -0.2) is 4.98 Å². The van der Waals surface area contributed by atoms with Gasteiger partial charge in [0.25, 0.3) is 0 Å². The van der Waals surface area contributed by atoms with Gasteiger partial charge in [0.05, 0.1) is 6.61 Å². The molecule has 1 aromatic heterocycles. The molecule has 22 heavy (non-hydrogen) atoms. The summed E-state index contributed by atoms with van der Waals surface area (Å²) in [5, 5.41) is 0. The summed E-state index contributed by atoms with van der Waals surface area (Å²) < 4.78 is 5.67. The first-order valence-electron chi connectivity index (χ1n) is 8.11. The molecule has 0 aromatic carbocycles. The van der Waals surface area contributed by atoms with Gasteiger partial charge in [0, 0.05) is 59.6 Å². The van der Waals surface area contributed by atoms with Crippen LogP contribution in [0.4, 0.5) is 11.8 Å². The molecule has 1 saturated heterocycles. The van der Waals surface area contributed by atoms with Crippen molar-refractivity contribution in [2.24, 2.45) is 5.92 Å². The van der Waals surface area contributed by atoms with E-state index in [0.717, 1.165) is 57.7 Å². The highest BCUT2D eigenvalue weighted by molar-refractivity contribution is 5.43. The largest absolute Gasteiger partial charge is 0.380 e. The molecule has 2 heterocycles. The van der Waals surface area contributed by atoms with Crippen molar-refractivity contribution in [1.29, 1.82) is 0 Å². The molecule has 1 aromatic rings. The molecule has 0 amide bonds. The molecule has 1 fully saturated rings. The highest BCUT2D eigenvalue weighted by Gasteiger charge is 2.18. The first-order chi connectivity index (χ1) is 10.6. The zero-order valence-electron chi connectivity index (χ0n) is 14.3. The van der Waals surface area contributed by atoms with Crippen LogP contribution in [-0.4, -0.2) is 74.9 Å². The molecule has 6 heteroatoms. The topological polar surface area (TPSA) is 44.7 Å². The second-order valence-electron chi connectivity index (χ2n) is 6.41. The van der Waals surface area contributed by atoms with Crippen LogP contribution in [0.25, 0.3) is 0 Å². The number of aromatic nitrogens is 2. The van der Waals surface area contributed by atoms with Crippen LogP contribution >= 0.6 is 0 Å². The Kier molecular flexibility index (Phi) is 6.39. The van der Waals surface area contributed by atoms with Crippen LogP contribution in [0.5, 0.6) is 0 Å². The maximum Gasteiger partial charge on any atom is 0.226 e. The van der Waals surface area contributed by atoms with E-state index in [0.29, 0.717) is 5.92 Å². The predicted molar refractivity (Wildman–Crippen MR) is 90.7 cm³/mol. The fourth-order valence-electron chi connectivity index (χ4n) is 2.44. The van der Waals surface area contributed by atoms with Crippen molar-refractivity contribution in [2.75, 3.05) is 69.8 Å². The van der Waals surface area contributed by atoms with E-state index < -0.39 is 0 Å². The molecule has 6 nitrogen and oxygen atoms in total. The molecule has 0 atom stereocenters. The first kappa shape index (κ1) is 17.0. The SMILES string of the molecule is CC(C)COCCN1CCN(c2ccnc(N(C)C)n2)CC1. The first-order valence-corrected chi connectivity index (χ1v) is 8.11. The molecule has 0 aliphatic carbocycles. The van der Waals surface area contributed by atoms with Crippen molar-refractivity contribution in [3.05, 3.63) is 12.3 Å². The third-order valence-corrected chi connectivity index (χ3v) is 3.73. The highest BCUT2D eigenvalue weighted by atomic mass is 16.5. The van der Waals surface area contributed by atoms with E-state index in [-0.39, 0.29) is 0 Å². The van der Waals surface area contributed by atoms with Gasteiger partial charge >= 0.3 is 0 Å². The standard InChI is InChI=1S/C16H29N5O/c1-14(2)13-22-12-11-20-7-9-21(10-8-20)15-5-6-17-16(18-15)19(3)4/h5-6,14H,7-13H2,1-4H3. The van der Waals surface area contributed by atoms with Crippen molar-refractivity contribution in [2.45, 2.75) is 13.8 Å². The van der Waals surface area contributed by atoms with Crippen LogP contribution in [0, 0.1) is 5.92 Å². The summed E-state index contributed by atoms with van der Waals surface area (Å²) in [6, 6.07) is 1.99. The Labute approximate surface area is 134 Å². The second-order valence-corrected chi connectivity index (χ2v) is 6.41. The van der Waals surface area contributed by atoms with Crippen molar-refractivity contribution < 1.29 is 4.74 Å². The third-order valence-electron chi connectivity index (χ3n) is 3.73. The maximum atomic E-state index is 5.67. The van der Waals surface area contributed by atoms with Gasteiger partial charge in [0.1, 0.15) is 5.82 Å². The number of hydrogen-bond donors (Lipinski definition) is 0. The van der Waals surface area contributed by atoms with Gasteiger partial charge in [-0.2, -0.15) is 4.98 Å². The van der Waals surface area contributed by atoms with Crippen LogP contribution in [0.3, 0.4) is 0 Å². The van der Waals surface area contributed by atoms with E-state index in [1.165, 1.54) is 0 Å². The Hall–Kier alpha value is -1.40. The molecule has 1 aliphatic rings. The molecule has 0 radical (unpaired) electrons. The lowest BCUT2D eigenvalue weighted by atomic mass is 10.2. The van der Waals surface area contributed by atoms with Crippen molar-refractivity contribution >= 4 is 11.8 Å². The lowest BCUT2D eigenvalue weighted by molar-refractivity contribution is 0.0838. The van der Waals surface area contributed by atoms with E-state index in [4.69, 9.17) is 4.74 Å². The lowest BCUT2D eigenvalue weighted by Gasteiger charge is -2.35. The third kappa shape index (κ3) is 5.10. The zero-order valence-corrected chi connectivity index (χ0v) is 14.3. The van der Waals surface area contributed by atoms with Gasteiger partial charge in [0.2, 0.25) is 5.95 Å². The maximum absolute atomic E-state index is 5.67. The summed E-state index contributed by atoms with van der Waals surface area (Å²) in [4.78, 5) is 15.6. The Morgan fingerprint density at radius 3 is 2.59 bits per heavy atom. The van der Waals surface area contributed by atoms with E-state index >= 15 is 0 Å². The summed E-state index contributed by atoms with van der Waals surface area (Å²) in [5.74, 6) is 2.40. The number of piperazine rings is 1. The molecule has 0 spiro atoms. The van der Waals surface area contributed by atoms with Gasteiger partial charge < -0.3 is 14.5 Å². The van der Waals surface area contributed by atoms with E-state index in [1.54, 1.807) is 0 Å². The summed E-state index contributed by atoms with van der Waals surface area (Å²) in [6.45, 7) is 11.2. The van der Waals surface area contributed by atoms with E-state index in [9.17, 15) is 0 Å². The molecule has 0 saturated carbocycles. The molecule has 0 unspecified atom stereocenters. The molecule has 2 rings (SSSR count). The van der Waals surface area contributed by atoms with Crippen LogP contribution in [0.1, 0.15) is 13.8 Å². The minimum atomic E-state index is 0.612. The van der Waals surface area contributed by atoms with Gasteiger partial charge in [0.15, 0.2) is 0 Å². The van der Waals surface area contributed by atoms with Gasteiger partial charge in [-0.05, 0) is 12.0 Å². The monoisotopic (exact) mass is 307 g/mol. The smallest absolute Gasteiger partial charge is 0.226 e. The molecule has 1 aliphatic heterocycles. The number of anilines is 2. The Morgan fingerprint density at radius 2 is 1.95 bits per heavy atom. The average molecular weight is 307 g/mol.